The summed E-state index contributed by atoms with van der Waals surface area (Å²) in [4.78, 5) is 2.17. The van der Waals surface area contributed by atoms with E-state index in [0.717, 1.165) is 31.0 Å². The van der Waals surface area contributed by atoms with Gasteiger partial charge in [0.05, 0.1) is 22.2 Å². The highest BCUT2D eigenvalue weighted by Gasteiger charge is 2.17. The van der Waals surface area contributed by atoms with Gasteiger partial charge in [-0.3, -0.25) is 8.89 Å². The van der Waals surface area contributed by atoms with Crippen molar-refractivity contribution in [2.24, 2.45) is 0 Å². The third-order valence-corrected chi connectivity index (χ3v) is 3.78. The Morgan fingerprint density at radius 3 is 2.59 bits per heavy atom. The van der Waals surface area contributed by atoms with E-state index in [9.17, 15) is 4.21 Å². The van der Waals surface area contributed by atoms with E-state index in [-0.39, 0.29) is 0 Å². The summed E-state index contributed by atoms with van der Waals surface area (Å²) in [7, 11) is 1.13. The molecule has 4 nitrogen and oxygen atoms in total. The number of halogens is 1. The zero-order valence-corrected chi connectivity index (χ0v) is 12.4. The maximum absolute atomic E-state index is 11.2. The van der Waals surface area contributed by atoms with Crippen LogP contribution in [0.3, 0.4) is 0 Å². The van der Waals surface area contributed by atoms with Crippen LogP contribution in [-0.2, 0) is 29.6 Å². The molecule has 0 aliphatic rings. The van der Waals surface area contributed by atoms with Crippen molar-refractivity contribution in [3.8, 4) is 0 Å². The minimum absolute atomic E-state index is 0.425. The summed E-state index contributed by atoms with van der Waals surface area (Å²) < 4.78 is 13.1. The van der Waals surface area contributed by atoms with Gasteiger partial charge in [0.2, 0.25) is 0 Å². The smallest absolute Gasteiger partial charge is 0.0938 e. The minimum atomic E-state index is -0.912. The molecule has 1 rings (SSSR count). The maximum Gasteiger partial charge on any atom is 0.0938 e. The lowest BCUT2D eigenvalue weighted by atomic mass is 10.3. The monoisotopic (exact) mass is 277 g/mol. The van der Waals surface area contributed by atoms with Crippen LogP contribution in [0.25, 0.3) is 0 Å². The Labute approximate surface area is 110 Å². The van der Waals surface area contributed by atoms with Gasteiger partial charge in [-0.2, -0.15) is 5.10 Å². The van der Waals surface area contributed by atoms with Crippen molar-refractivity contribution in [3.63, 3.8) is 0 Å². The van der Waals surface area contributed by atoms with Crippen molar-refractivity contribution in [3.05, 3.63) is 16.4 Å². The predicted octanol–water partition coefficient (Wildman–Crippen LogP) is 1.89. The lowest BCUT2D eigenvalue weighted by Gasteiger charge is -2.14. The van der Waals surface area contributed by atoms with Crippen molar-refractivity contribution >= 4 is 22.4 Å². The van der Waals surface area contributed by atoms with Gasteiger partial charge in [0.1, 0.15) is 0 Å². The number of aromatic nitrogens is 2. The van der Waals surface area contributed by atoms with Crippen LogP contribution in [0.1, 0.15) is 25.2 Å². The third-order valence-electron chi connectivity index (χ3n) is 2.66. The van der Waals surface area contributed by atoms with E-state index in [1.807, 2.05) is 18.7 Å². The lowest BCUT2D eigenvalue weighted by Crippen LogP contribution is -2.19. The van der Waals surface area contributed by atoms with Gasteiger partial charge in [0.15, 0.2) is 0 Å². The van der Waals surface area contributed by atoms with Crippen molar-refractivity contribution in [1.82, 2.24) is 14.7 Å². The van der Waals surface area contributed by atoms with Gasteiger partial charge >= 0.3 is 0 Å². The molecule has 0 aromatic carbocycles. The van der Waals surface area contributed by atoms with Gasteiger partial charge in [-0.1, -0.05) is 18.5 Å². The first-order chi connectivity index (χ1) is 7.99. The van der Waals surface area contributed by atoms with Crippen LogP contribution >= 0.6 is 11.6 Å². The van der Waals surface area contributed by atoms with Crippen LogP contribution < -0.4 is 0 Å². The Morgan fingerprint density at radius 2 is 2.12 bits per heavy atom. The van der Waals surface area contributed by atoms with E-state index in [0.29, 0.717) is 10.8 Å². The second-order valence-corrected chi connectivity index (χ2v) is 5.88. The molecular formula is C11H20ClN3OS. The highest BCUT2D eigenvalue weighted by Crippen LogP contribution is 2.23. The zero-order chi connectivity index (χ0) is 13.0. The molecule has 0 aliphatic carbocycles. The Kier molecular flexibility index (Phi) is 5.62. The van der Waals surface area contributed by atoms with E-state index in [4.69, 9.17) is 11.6 Å². The number of nitrogens with zero attached hydrogens (tertiary/aromatic N) is 3. The molecule has 1 heterocycles. The van der Waals surface area contributed by atoms with Crippen LogP contribution in [0, 0.1) is 0 Å². The molecule has 0 saturated carbocycles. The largest absolute Gasteiger partial charge is 0.301 e. The summed E-state index contributed by atoms with van der Waals surface area (Å²) in [5.74, 6) is 0.425. The first kappa shape index (κ1) is 14.7. The van der Waals surface area contributed by atoms with Crippen molar-refractivity contribution < 1.29 is 4.21 Å². The van der Waals surface area contributed by atoms with Crippen LogP contribution in [0.2, 0.25) is 5.02 Å². The number of aryl methyl sites for hydroxylation is 1. The van der Waals surface area contributed by atoms with Gasteiger partial charge in [0.25, 0.3) is 0 Å². The average Bonchev–Trinajstić information content (AvgIpc) is 2.56. The third kappa shape index (κ3) is 3.79. The van der Waals surface area contributed by atoms with Crippen molar-refractivity contribution in [1.29, 1.82) is 0 Å². The molecular weight excluding hydrogens is 258 g/mol. The molecule has 0 fully saturated rings. The van der Waals surface area contributed by atoms with E-state index in [1.54, 1.807) is 6.26 Å². The lowest BCUT2D eigenvalue weighted by molar-refractivity contribution is 0.332. The van der Waals surface area contributed by atoms with E-state index in [2.05, 4.69) is 16.9 Å². The predicted molar refractivity (Wildman–Crippen MR) is 72.7 cm³/mol. The topological polar surface area (TPSA) is 38.1 Å². The number of hydrogen-bond donors (Lipinski definition) is 0. The highest BCUT2D eigenvalue weighted by molar-refractivity contribution is 7.83. The molecule has 1 aromatic rings. The van der Waals surface area contributed by atoms with Gasteiger partial charge < -0.3 is 4.90 Å². The normalized spacial score (nSPS) is 13.3. The van der Waals surface area contributed by atoms with E-state index >= 15 is 0 Å². The molecule has 0 radical (unpaired) electrons. The summed E-state index contributed by atoms with van der Waals surface area (Å²) in [6, 6.07) is 0. The minimum Gasteiger partial charge on any atom is -0.301 e. The Balaban J connectivity index is 3.01. The fourth-order valence-corrected chi connectivity index (χ4v) is 2.52. The molecule has 0 saturated heterocycles. The fourth-order valence-electron chi connectivity index (χ4n) is 1.59. The van der Waals surface area contributed by atoms with E-state index < -0.39 is 10.8 Å². The average molecular weight is 278 g/mol. The molecule has 0 N–H and O–H groups in total. The van der Waals surface area contributed by atoms with Gasteiger partial charge in [0, 0.05) is 30.1 Å². The Morgan fingerprint density at radius 1 is 1.47 bits per heavy atom. The summed E-state index contributed by atoms with van der Waals surface area (Å²) in [6.07, 6.45) is 1.67. The van der Waals surface area contributed by atoms with E-state index in [1.165, 1.54) is 0 Å². The zero-order valence-electron chi connectivity index (χ0n) is 10.9. The van der Waals surface area contributed by atoms with Gasteiger partial charge in [-0.25, -0.2) is 0 Å². The summed E-state index contributed by atoms with van der Waals surface area (Å²) >= 11 is 6.31. The molecule has 1 unspecified atom stereocenters. The molecule has 0 bridgehead atoms. The first-order valence-electron chi connectivity index (χ1n) is 5.72. The summed E-state index contributed by atoms with van der Waals surface area (Å²) in [6.45, 7) is 6.64. The number of rotatable bonds is 6. The molecule has 98 valence electrons. The summed E-state index contributed by atoms with van der Waals surface area (Å²) in [5.41, 5.74) is 1.76. The Hall–Kier alpha value is -0.390. The molecule has 0 spiro atoms. The highest BCUT2D eigenvalue weighted by atomic mass is 35.5. The van der Waals surface area contributed by atoms with Crippen molar-refractivity contribution in [2.75, 3.05) is 19.8 Å². The molecule has 1 atom stereocenters. The molecule has 0 aliphatic heterocycles. The molecule has 1 aromatic heterocycles. The Bertz CT molecular complexity index is 406. The first-order valence-corrected chi connectivity index (χ1v) is 7.82. The summed E-state index contributed by atoms with van der Waals surface area (Å²) in [5, 5.41) is 5.09. The number of hydrogen-bond acceptors (Lipinski definition) is 3. The SMILES string of the molecule is CCN(C)Cc1c(Cl)c(CS(C)=O)nn1CC. The standard InChI is InChI=1S/C11H20ClN3OS/c1-5-14(3)7-10-11(12)9(8-17(4)16)13-15(10)6-2/h5-8H2,1-4H3. The second kappa shape index (κ2) is 6.52. The fraction of sp³-hybridized carbons (Fsp3) is 0.727. The van der Waals surface area contributed by atoms with Crippen LogP contribution in [-0.4, -0.2) is 38.7 Å². The van der Waals surface area contributed by atoms with Crippen LogP contribution in [0.4, 0.5) is 0 Å². The van der Waals surface area contributed by atoms with Crippen LogP contribution in [0.15, 0.2) is 0 Å². The van der Waals surface area contributed by atoms with Crippen molar-refractivity contribution in [2.45, 2.75) is 32.7 Å². The van der Waals surface area contributed by atoms with Gasteiger partial charge in [-0.05, 0) is 20.5 Å². The second-order valence-electron chi connectivity index (χ2n) is 4.07. The van der Waals surface area contributed by atoms with Crippen LogP contribution in [0.5, 0.6) is 0 Å². The molecule has 17 heavy (non-hydrogen) atoms. The maximum atomic E-state index is 11.2. The quantitative estimate of drug-likeness (QED) is 0.797. The van der Waals surface area contributed by atoms with Gasteiger partial charge in [-0.15, -0.1) is 0 Å². The molecule has 0 amide bonds. The molecule has 6 heteroatoms.